The molecule has 0 radical (unpaired) electrons. The molecule has 0 saturated carbocycles. The quantitative estimate of drug-likeness (QED) is 0.739. The van der Waals surface area contributed by atoms with Crippen molar-refractivity contribution >= 4 is 11.9 Å². The molecule has 2 heterocycles. The van der Waals surface area contributed by atoms with Gasteiger partial charge < -0.3 is 19.2 Å². The van der Waals surface area contributed by atoms with Crippen molar-refractivity contribution in [1.29, 1.82) is 0 Å². The first-order valence-corrected chi connectivity index (χ1v) is 7.56. The Labute approximate surface area is 143 Å². The Morgan fingerprint density at radius 1 is 1.12 bits per heavy atom. The third-order valence-corrected chi connectivity index (χ3v) is 3.99. The topological polar surface area (TPSA) is 106 Å². The number of benzene rings is 1. The Kier molecular flexibility index (Phi) is 4.14. The van der Waals surface area contributed by atoms with Crippen LogP contribution in [0.25, 0.3) is 11.1 Å². The second kappa shape index (κ2) is 6.27. The summed E-state index contributed by atoms with van der Waals surface area (Å²) in [6.07, 6.45) is 1.43. The average molecular weight is 340 g/mol. The van der Waals surface area contributed by atoms with Crippen molar-refractivity contribution in [3.05, 3.63) is 65.1 Å². The zero-order chi connectivity index (χ0) is 18.1. The molecule has 2 aromatic heterocycles. The number of aromatic carboxylic acids is 2. The molecule has 0 aliphatic rings. The maximum atomic E-state index is 11.9. The number of carbonyl (C=O) groups is 2. The van der Waals surface area contributed by atoms with Gasteiger partial charge in [-0.3, -0.25) is 0 Å². The van der Waals surface area contributed by atoms with Crippen LogP contribution in [0.3, 0.4) is 0 Å². The molecular formula is C18H16N2O5. The van der Waals surface area contributed by atoms with Crippen LogP contribution < -0.4 is 0 Å². The fourth-order valence-corrected chi connectivity index (χ4v) is 2.95. The predicted octanol–water partition coefficient (Wildman–Crippen LogP) is 3.20. The largest absolute Gasteiger partial charge is 0.478 e. The molecule has 128 valence electrons. The summed E-state index contributed by atoms with van der Waals surface area (Å²) in [5, 5.41) is 19.4. The molecule has 1 aromatic carbocycles. The van der Waals surface area contributed by atoms with E-state index < -0.39 is 11.9 Å². The monoisotopic (exact) mass is 340 g/mol. The van der Waals surface area contributed by atoms with Crippen LogP contribution in [-0.2, 0) is 6.54 Å². The molecular weight excluding hydrogens is 324 g/mol. The van der Waals surface area contributed by atoms with E-state index >= 15 is 0 Å². The lowest BCUT2D eigenvalue weighted by Gasteiger charge is -2.08. The number of aryl methyl sites for hydroxylation is 1. The lowest BCUT2D eigenvalue weighted by Crippen LogP contribution is -2.12. The van der Waals surface area contributed by atoms with E-state index in [1.165, 1.54) is 10.8 Å². The Bertz CT molecular complexity index is 954. The number of aromatic nitrogens is 2. The molecule has 0 aliphatic carbocycles. The summed E-state index contributed by atoms with van der Waals surface area (Å²) >= 11 is 0. The molecule has 0 aliphatic heterocycles. The molecule has 3 rings (SSSR count). The zero-order valence-corrected chi connectivity index (χ0v) is 13.7. The minimum absolute atomic E-state index is 0.0242. The highest BCUT2D eigenvalue weighted by atomic mass is 16.4. The van der Waals surface area contributed by atoms with Gasteiger partial charge in [-0.2, -0.15) is 0 Å². The molecule has 0 spiro atoms. The normalized spacial score (nSPS) is 10.8. The molecule has 7 nitrogen and oxygen atoms in total. The van der Waals surface area contributed by atoms with Crippen molar-refractivity contribution in [2.24, 2.45) is 0 Å². The van der Waals surface area contributed by atoms with Gasteiger partial charge in [0, 0.05) is 18.2 Å². The van der Waals surface area contributed by atoms with Gasteiger partial charge in [0.25, 0.3) is 0 Å². The molecule has 0 bridgehead atoms. The second-order valence-corrected chi connectivity index (χ2v) is 5.60. The average Bonchev–Trinajstić information content (AvgIpc) is 3.10. The molecule has 0 unspecified atom stereocenters. The molecule has 0 fully saturated rings. The predicted molar refractivity (Wildman–Crippen MR) is 88.9 cm³/mol. The highest BCUT2D eigenvalue weighted by Gasteiger charge is 2.29. The van der Waals surface area contributed by atoms with Crippen LogP contribution in [0.1, 0.15) is 38.1 Å². The minimum atomic E-state index is -1.20. The first-order chi connectivity index (χ1) is 11.9. The maximum absolute atomic E-state index is 11.9. The van der Waals surface area contributed by atoms with Crippen LogP contribution in [-0.4, -0.2) is 31.7 Å². The van der Waals surface area contributed by atoms with Crippen LogP contribution in [0, 0.1) is 13.8 Å². The Hall–Kier alpha value is -3.35. The second-order valence-electron chi connectivity index (χ2n) is 5.60. The van der Waals surface area contributed by atoms with Crippen molar-refractivity contribution in [2.45, 2.75) is 20.4 Å². The van der Waals surface area contributed by atoms with Crippen molar-refractivity contribution in [2.75, 3.05) is 0 Å². The van der Waals surface area contributed by atoms with E-state index in [-0.39, 0.29) is 23.4 Å². The van der Waals surface area contributed by atoms with Crippen molar-refractivity contribution in [3.8, 4) is 11.1 Å². The van der Waals surface area contributed by atoms with E-state index in [9.17, 15) is 19.8 Å². The van der Waals surface area contributed by atoms with E-state index in [1.54, 1.807) is 44.2 Å². The Balaban J connectivity index is 2.28. The number of rotatable bonds is 5. The molecule has 0 saturated heterocycles. The van der Waals surface area contributed by atoms with Crippen LogP contribution in [0.2, 0.25) is 0 Å². The van der Waals surface area contributed by atoms with Crippen LogP contribution in [0.4, 0.5) is 0 Å². The maximum Gasteiger partial charge on any atom is 0.353 e. The first-order valence-electron chi connectivity index (χ1n) is 7.56. The van der Waals surface area contributed by atoms with Gasteiger partial charge >= 0.3 is 11.9 Å². The fraction of sp³-hybridized carbons (Fsp3) is 0.167. The summed E-state index contributed by atoms with van der Waals surface area (Å²) in [6, 6.07) is 8.64. The number of carboxylic acid groups (broad SMARTS) is 2. The van der Waals surface area contributed by atoms with Gasteiger partial charge in [0.15, 0.2) is 5.89 Å². The standard InChI is InChI=1S/C18H16N2O5/c1-10-14(17(21)22)15(12-6-4-3-5-7-12)16(18(23)24)20(10)8-13-9-25-11(2)19-13/h3-7,9H,8H2,1-2H3,(H,21,22)(H,23,24). The van der Waals surface area contributed by atoms with Gasteiger partial charge in [0.2, 0.25) is 0 Å². The SMILES string of the molecule is Cc1nc(Cn2c(C)c(C(=O)O)c(-c3ccccc3)c2C(=O)O)co1. The molecule has 3 aromatic rings. The summed E-state index contributed by atoms with van der Waals surface area (Å²) in [6.45, 7) is 3.38. The van der Waals surface area contributed by atoms with E-state index in [0.717, 1.165) is 0 Å². The van der Waals surface area contributed by atoms with E-state index in [2.05, 4.69) is 4.98 Å². The smallest absolute Gasteiger partial charge is 0.353 e. The van der Waals surface area contributed by atoms with Gasteiger partial charge in [-0.05, 0) is 12.5 Å². The first kappa shape index (κ1) is 16.5. The zero-order valence-electron chi connectivity index (χ0n) is 13.7. The Morgan fingerprint density at radius 3 is 2.32 bits per heavy atom. The summed E-state index contributed by atoms with van der Waals surface area (Å²) in [5.74, 6) is -1.91. The fourth-order valence-electron chi connectivity index (χ4n) is 2.95. The Morgan fingerprint density at radius 2 is 1.80 bits per heavy atom. The molecule has 2 N–H and O–H groups in total. The van der Waals surface area contributed by atoms with Crippen LogP contribution >= 0.6 is 0 Å². The molecule has 25 heavy (non-hydrogen) atoms. The van der Waals surface area contributed by atoms with Gasteiger partial charge in [0.05, 0.1) is 17.8 Å². The van der Waals surface area contributed by atoms with E-state index in [4.69, 9.17) is 4.42 Å². The van der Waals surface area contributed by atoms with Gasteiger partial charge in [-0.1, -0.05) is 30.3 Å². The highest BCUT2D eigenvalue weighted by molar-refractivity contribution is 6.05. The number of nitrogens with zero attached hydrogens (tertiary/aromatic N) is 2. The lowest BCUT2D eigenvalue weighted by molar-refractivity contribution is 0.0682. The van der Waals surface area contributed by atoms with Crippen molar-refractivity contribution in [1.82, 2.24) is 9.55 Å². The van der Waals surface area contributed by atoms with Crippen LogP contribution in [0.15, 0.2) is 41.0 Å². The van der Waals surface area contributed by atoms with Crippen molar-refractivity contribution in [3.63, 3.8) is 0 Å². The third-order valence-electron chi connectivity index (χ3n) is 3.99. The van der Waals surface area contributed by atoms with Crippen molar-refractivity contribution < 1.29 is 24.2 Å². The number of oxazole rings is 1. The molecule has 0 atom stereocenters. The lowest BCUT2D eigenvalue weighted by atomic mass is 10.0. The number of hydrogen-bond donors (Lipinski definition) is 2. The summed E-state index contributed by atoms with van der Waals surface area (Å²) in [7, 11) is 0. The third kappa shape index (κ3) is 2.91. The van der Waals surface area contributed by atoms with Gasteiger partial charge in [-0.15, -0.1) is 0 Å². The summed E-state index contributed by atoms with van der Waals surface area (Å²) in [5.41, 5.74) is 1.50. The molecule has 7 heteroatoms. The van der Waals surface area contributed by atoms with E-state index in [1.807, 2.05) is 0 Å². The van der Waals surface area contributed by atoms with E-state index in [0.29, 0.717) is 22.8 Å². The minimum Gasteiger partial charge on any atom is -0.478 e. The summed E-state index contributed by atoms with van der Waals surface area (Å²) < 4.78 is 6.61. The molecule has 0 amide bonds. The summed E-state index contributed by atoms with van der Waals surface area (Å²) in [4.78, 5) is 27.9. The van der Waals surface area contributed by atoms with Crippen LogP contribution in [0.5, 0.6) is 0 Å². The number of carboxylic acids is 2. The van der Waals surface area contributed by atoms with Gasteiger partial charge in [0.1, 0.15) is 12.0 Å². The number of hydrogen-bond acceptors (Lipinski definition) is 4. The highest BCUT2D eigenvalue weighted by Crippen LogP contribution is 2.33. The van der Waals surface area contributed by atoms with Gasteiger partial charge in [-0.25, -0.2) is 14.6 Å².